The third-order valence-corrected chi connectivity index (χ3v) is 5.26. The molecule has 1 fully saturated rings. The average molecular weight is 346 g/mol. The summed E-state index contributed by atoms with van der Waals surface area (Å²) >= 11 is 0. The van der Waals surface area contributed by atoms with Crippen LogP contribution in [-0.4, -0.2) is 32.1 Å². The lowest BCUT2D eigenvalue weighted by Crippen LogP contribution is -2.40. The van der Waals surface area contributed by atoms with Crippen molar-refractivity contribution >= 4 is 17.3 Å². The lowest BCUT2D eigenvalue weighted by Gasteiger charge is -2.32. The van der Waals surface area contributed by atoms with E-state index in [1.54, 1.807) is 0 Å². The number of aromatic nitrogens is 4. The molecule has 0 amide bonds. The Bertz CT molecular complexity index is 971. The lowest BCUT2D eigenvalue weighted by atomic mass is 10.1. The molecule has 2 aliphatic rings. The van der Waals surface area contributed by atoms with Gasteiger partial charge in [-0.15, -0.1) is 0 Å². The van der Waals surface area contributed by atoms with E-state index in [0.29, 0.717) is 5.92 Å². The van der Waals surface area contributed by atoms with E-state index in [2.05, 4.69) is 62.8 Å². The van der Waals surface area contributed by atoms with Crippen LogP contribution in [0.1, 0.15) is 41.4 Å². The number of nitrogens with one attached hydrogen (secondary N) is 1. The number of aromatic amines is 1. The van der Waals surface area contributed by atoms with Crippen molar-refractivity contribution in [2.24, 2.45) is 4.99 Å². The zero-order chi connectivity index (χ0) is 17.7. The minimum absolute atomic E-state index is 0.651. The highest BCUT2D eigenvalue weighted by Crippen LogP contribution is 2.39. The van der Waals surface area contributed by atoms with Crippen LogP contribution in [0.3, 0.4) is 0 Å². The first-order valence-corrected chi connectivity index (χ1v) is 9.15. The highest BCUT2D eigenvalue weighted by molar-refractivity contribution is 5.92. The number of anilines is 1. The van der Waals surface area contributed by atoms with Crippen LogP contribution in [0.4, 0.5) is 11.5 Å². The Kier molecular flexibility index (Phi) is 3.45. The van der Waals surface area contributed by atoms with Gasteiger partial charge in [0.05, 0.1) is 13.1 Å². The maximum Gasteiger partial charge on any atom is 0.175 e. The molecular formula is C20H22N6. The van der Waals surface area contributed by atoms with Crippen LogP contribution < -0.4 is 4.90 Å². The summed E-state index contributed by atoms with van der Waals surface area (Å²) in [5, 5.41) is 7.54. The molecule has 6 heteroatoms. The normalized spacial score (nSPS) is 18.4. The number of rotatable bonds is 3. The Morgan fingerprint density at radius 3 is 2.73 bits per heavy atom. The monoisotopic (exact) mass is 346 g/mol. The molecule has 1 saturated carbocycles. The van der Waals surface area contributed by atoms with Crippen LogP contribution in [0.15, 0.2) is 41.7 Å². The molecule has 1 aliphatic carbocycles. The predicted molar refractivity (Wildman–Crippen MR) is 102 cm³/mol. The number of fused-ring (bicyclic) bond motifs is 1. The summed E-state index contributed by atoms with van der Waals surface area (Å²) in [5.74, 6) is 3.37. The molecule has 2 aromatic heterocycles. The topological polar surface area (TPSA) is 62.1 Å². The molecule has 5 rings (SSSR count). The van der Waals surface area contributed by atoms with Gasteiger partial charge < -0.3 is 4.90 Å². The fourth-order valence-electron chi connectivity index (χ4n) is 3.83. The average Bonchev–Trinajstić information content (AvgIpc) is 3.17. The number of H-pyrrole nitrogens is 1. The molecule has 3 aromatic rings. The first-order valence-electron chi connectivity index (χ1n) is 9.15. The molecule has 132 valence electrons. The molecule has 0 saturated heterocycles. The van der Waals surface area contributed by atoms with Crippen molar-refractivity contribution in [3.05, 3.63) is 59.3 Å². The van der Waals surface area contributed by atoms with Crippen molar-refractivity contribution in [3.8, 4) is 0 Å². The van der Waals surface area contributed by atoms with Gasteiger partial charge in [-0.25, -0.2) is 9.98 Å². The largest absolute Gasteiger partial charge is 0.356 e. The standard InChI is InChI=1S/C20H22N6/c1-13-4-3-5-14(2)20(13)25-11-18-21-8-9-26(18)19(12-25)22-17-10-16(23-24-17)15-6-7-15/h3-5,8-10,15H,6-7,11-12H2,1-2H3,(H,23,24). The fourth-order valence-corrected chi connectivity index (χ4v) is 3.83. The number of hydrogen-bond acceptors (Lipinski definition) is 4. The molecule has 1 aromatic carbocycles. The zero-order valence-electron chi connectivity index (χ0n) is 15.1. The van der Waals surface area contributed by atoms with E-state index in [4.69, 9.17) is 4.99 Å². The van der Waals surface area contributed by atoms with E-state index in [9.17, 15) is 0 Å². The Morgan fingerprint density at radius 2 is 1.96 bits per heavy atom. The van der Waals surface area contributed by atoms with Crippen molar-refractivity contribution in [1.29, 1.82) is 0 Å². The van der Waals surface area contributed by atoms with E-state index in [1.165, 1.54) is 35.3 Å². The van der Waals surface area contributed by atoms with Gasteiger partial charge in [0, 0.05) is 35.8 Å². The van der Waals surface area contributed by atoms with E-state index >= 15 is 0 Å². The van der Waals surface area contributed by atoms with Gasteiger partial charge in [-0.1, -0.05) is 18.2 Å². The Balaban J connectivity index is 1.53. The SMILES string of the molecule is Cc1cccc(C)c1N1CC(=Nc2cc(C3CC3)[nH]n2)n2ccnc2C1. The zero-order valence-corrected chi connectivity index (χ0v) is 15.1. The molecular weight excluding hydrogens is 324 g/mol. The second-order valence-electron chi connectivity index (χ2n) is 7.29. The molecule has 0 bridgehead atoms. The van der Waals surface area contributed by atoms with Gasteiger partial charge in [-0.2, -0.15) is 5.10 Å². The molecule has 6 nitrogen and oxygen atoms in total. The number of benzene rings is 1. The maximum absolute atomic E-state index is 4.85. The number of imidazole rings is 1. The third-order valence-electron chi connectivity index (χ3n) is 5.26. The van der Waals surface area contributed by atoms with Crippen LogP contribution in [0.5, 0.6) is 0 Å². The van der Waals surface area contributed by atoms with Gasteiger partial charge in [-0.05, 0) is 37.8 Å². The summed E-state index contributed by atoms with van der Waals surface area (Å²) in [4.78, 5) is 11.8. The van der Waals surface area contributed by atoms with Crippen LogP contribution >= 0.6 is 0 Å². The highest BCUT2D eigenvalue weighted by atomic mass is 15.3. The number of nitrogens with zero attached hydrogens (tertiary/aromatic N) is 5. The first-order chi connectivity index (χ1) is 12.7. The lowest BCUT2D eigenvalue weighted by molar-refractivity contribution is 0.749. The Labute approximate surface area is 152 Å². The van der Waals surface area contributed by atoms with E-state index in [0.717, 1.165) is 30.6 Å². The third kappa shape index (κ3) is 2.62. The molecule has 1 aliphatic heterocycles. The smallest absolute Gasteiger partial charge is 0.175 e. The number of aliphatic imine (C=N–C) groups is 1. The molecule has 0 radical (unpaired) electrons. The van der Waals surface area contributed by atoms with Gasteiger partial charge in [-0.3, -0.25) is 9.67 Å². The van der Waals surface area contributed by atoms with Crippen molar-refractivity contribution in [2.45, 2.75) is 39.2 Å². The molecule has 0 atom stereocenters. The Hall–Kier alpha value is -2.89. The molecule has 1 N–H and O–H groups in total. The molecule has 26 heavy (non-hydrogen) atoms. The van der Waals surface area contributed by atoms with Crippen molar-refractivity contribution in [3.63, 3.8) is 0 Å². The van der Waals surface area contributed by atoms with Crippen LogP contribution in [0.25, 0.3) is 0 Å². The number of aryl methyl sites for hydroxylation is 2. The van der Waals surface area contributed by atoms with Crippen LogP contribution in [0.2, 0.25) is 0 Å². The van der Waals surface area contributed by atoms with Crippen LogP contribution in [-0.2, 0) is 6.54 Å². The summed E-state index contributed by atoms with van der Waals surface area (Å²) in [7, 11) is 0. The predicted octanol–water partition coefficient (Wildman–Crippen LogP) is 3.70. The van der Waals surface area contributed by atoms with Crippen molar-refractivity contribution in [2.75, 3.05) is 11.4 Å². The highest BCUT2D eigenvalue weighted by Gasteiger charge is 2.27. The van der Waals surface area contributed by atoms with Gasteiger partial charge in [0.1, 0.15) is 11.7 Å². The van der Waals surface area contributed by atoms with Gasteiger partial charge in [0.25, 0.3) is 0 Å². The second-order valence-corrected chi connectivity index (χ2v) is 7.29. The van der Waals surface area contributed by atoms with Crippen molar-refractivity contribution < 1.29 is 0 Å². The number of hydrogen-bond donors (Lipinski definition) is 1. The van der Waals surface area contributed by atoms with E-state index < -0.39 is 0 Å². The quantitative estimate of drug-likeness (QED) is 0.786. The minimum Gasteiger partial charge on any atom is -0.356 e. The molecule has 3 heterocycles. The van der Waals surface area contributed by atoms with E-state index in [-0.39, 0.29) is 0 Å². The maximum atomic E-state index is 4.85. The summed E-state index contributed by atoms with van der Waals surface area (Å²) in [6, 6.07) is 8.52. The van der Waals surface area contributed by atoms with Crippen LogP contribution in [0, 0.1) is 13.8 Å². The van der Waals surface area contributed by atoms with Gasteiger partial charge >= 0.3 is 0 Å². The summed E-state index contributed by atoms with van der Waals surface area (Å²) in [5.41, 5.74) is 5.04. The first kappa shape index (κ1) is 15.4. The molecule has 0 unspecified atom stereocenters. The van der Waals surface area contributed by atoms with Crippen molar-refractivity contribution in [1.82, 2.24) is 19.7 Å². The Morgan fingerprint density at radius 1 is 1.15 bits per heavy atom. The molecule has 0 spiro atoms. The van der Waals surface area contributed by atoms with Gasteiger partial charge in [0.15, 0.2) is 5.82 Å². The summed E-state index contributed by atoms with van der Waals surface area (Å²) in [6.07, 6.45) is 6.35. The summed E-state index contributed by atoms with van der Waals surface area (Å²) in [6.45, 7) is 5.85. The second kappa shape index (κ2) is 5.83. The van der Waals surface area contributed by atoms with E-state index in [1.807, 2.05) is 12.4 Å². The number of para-hydroxylation sites is 1. The van der Waals surface area contributed by atoms with Gasteiger partial charge in [0.2, 0.25) is 0 Å². The summed E-state index contributed by atoms with van der Waals surface area (Å²) < 4.78 is 2.09. The minimum atomic E-state index is 0.651. The fraction of sp³-hybridized carbons (Fsp3) is 0.350.